The lowest BCUT2D eigenvalue weighted by Gasteiger charge is -2.39. The summed E-state index contributed by atoms with van der Waals surface area (Å²) in [6.45, 7) is 6.47. The second-order valence-electron chi connectivity index (χ2n) is 6.96. The summed E-state index contributed by atoms with van der Waals surface area (Å²) in [5.41, 5.74) is 3.03. The van der Waals surface area contributed by atoms with Gasteiger partial charge in [0.15, 0.2) is 0 Å². The molecule has 7 nitrogen and oxygen atoms in total. The molecule has 0 saturated carbocycles. The number of ether oxygens (including phenoxy) is 1. The number of hydrogen-bond acceptors (Lipinski definition) is 8. The summed E-state index contributed by atoms with van der Waals surface area (Å²) in [6, 6.07) is 3.55. The molecule has 0 spiro atoms. The van der Waals surface area contributed by atoms with E-state index in [-0.39, 0.29) is 0 Å². The number of aromatic nitrogens is 5. The van der Waals surface area contributed by atoms with E-state index in [2.05, 4.69) is 37.0 Å². The molecule has 5 heterocycles. The number of anilines is 1. The Kier molecular flexibility index (Phi) is 4.25. The van der Waals surface area contributed by atoms with Crippen LogP contribution in [0.3, 0.4) is 0 Å². The van der Waals surface area contributed by atoms with Gasteiger partial charge in [-0.25, -0.2) is 15.0 Å². The molecule has 0 atom stereocenters. The van der Waals surface area contributed by atoms with Crippen molar-refractivity contribution in [1.82, 2.24) is 25.1 Å². The topological polar surface area (TPSA) is 76.9 Å². The molecule has 4 aromatic heterocycles. The fourth-order valence-corrected chi connectivity index (χ4v) is 4.75. The Hall–Kier alpha value is -2.58. The zero-order valence-electron chi connectivity index (χ0n) is 15.4. The molecule has 0 unspecified atom stereocenters. The molecule has 0 bridgehead atoms. The Morgan fingerprint density at radius 2 is 2.07 bits per heavy atom. The molecule has 1 aliphatic rings. The highest BCUT2D eigenvalue weighted by atomic mass is 35.5. The van der Waals surface area contributed by atoms with E-state index >= 15 is 0 Å². The molecule has 1 saturated heterocycles. The first kappa shape index (κ1) is 17.5. The Morgan fingerprint density at radius 1 is 1.21 bits per heavy atom. The van der Waals surface area contributed by atoms with Crippen molar-refractivity contribution < 1.29 is 4.74 Å². The lowest BCUT2D eigenvalue weighted by atomic mass is 10.0. The van der Waals surface area contributed by atoms with Crippen LogP contribution in [0.2, 0.25) is 5.15 Å². The number of aryl methyl sites for hydroxylation is 2. The highest BCUT2D eigenvalue weighted by Gasteiger charge is 2.30. The largest absolute Gasteiger partial charge is 0.493 e. The molecule has 4 aromatic rings. The fourth-order valence-electron chi connectivity index (χ4n) is 3.43. The molecule has 5 rings (SSSR count). The molecule has 9 heteroatoms. The van der Waals surface area contributed by atoms with Crippen LogP contribution in [-0.4, -0.2) is 44.8 Å². The van der Waals surface area contributed by atoms with Gasteiger partial charge in [0.2, 0.25) is 0 Å². The molecule has 0 radical (unpaired) electrons. The van der Waals surface area contributed by atoms with Crippen LogP contribution >= 0.6 is 22.9 Å². The summed E-state index contributed by atoms with van der Waals surface area (Å²) < 4.78 is 6.91. The molecule has 0 amide bonds. The lowest BCUT2D eigenvalue weighted by Crippen LogP contribution is -2.49. The third kappa shape index (κ3) is 2.93. The predicted molar refractivity (Wildman–Crippen MR) is 110 cm³/mol. The van der Waals surface area contributed by atoms with Crippen molar-refractivity contribution in [2.75, 3.05) is 24.6 Å². The maximum Gasteiger partial charge on any atom is 0.150 e. The Labute approximate surface area is 170 Å². The first-order chi connectivity index (χ1) is 13.6. The van der Waals surface area contributed by atoms with Crippen molar-refractivity contribution in [3.8, 4) is 5.75 Å². The highest BCUT2D eigenvalue weighted by Crippen LogP contribution is 2.39. The third-order valence-electron chi connectivity index (χ3n) is 5.08. The van der Waals surface area contributed by atoms with Crippen LogP contribution in [0.1, 0.15) is 11.3 Å². The summed E-state index contributed by atoms with van der Waals surface area (Å²) in [7, 11) is 0. The molecule has 28 heavy (non-hydrogen) atoms. The average Bonchev–Trinajstić information content (AvgIpc) is 3.03. The highest BCUT2D eigenvalue weighted by molar-refractivity contribution is 7.26. The molecule has 1 aliphatic heterocycles. The van der Waals surface area contributed by atoms with Gasteiger partial charge in [-0.1, -0.05) is 11.6 Å². The molecule has 0 N–H and O–H groups in total. The maximum absolute atomic E-state index is 5.90. The number of rotatable bonds is 4. The smallest absolute Gasteiger partial charge is 0.150 e. The molecular formula is C19H17ClN6OS. The molecule has 142 valence electrons. The molecular weight excluding hydrogens is 396 g/mol. The van der Waals surface area contributed by atoms with E-state index in [1.165, 1.54) is 0 Å². The number of halogens is 1. The SMILES string of the molecule is Cc1nnc2sc3c(N4CC(COc5ccnc(Cl)c5)C4)ncnc3c2c1C. The number of pyridine rings is 1. The van der Waals surface area contributed by atoms with Crippen molar-refractivity contribution in [3.05, 3.63) is 41.1 Å². The summed E-state index contributed by atoms with van der Waals surface area (Å²) in [6.07, 6.45) is 3.29. The van der Waals surface area contributed by atoms with Gasteiger partial charge in [-0.3, -0.25) is 0 Å². The monoisotopic (exact) mass is 412 g/mol. The number of hydrogen-bond donors (Lipinski definition) is 0. The van der Waals surface area contributed by atoms with Crippen molar-refractivity contribution in [2.45, 2.75) is 13.8 Å². The quantitative estimate of drug-likeness (QED) is 0.471. The first-order valence-electron chi connectivity index (χ1n) is 8.96. The second-order valence-corrected chi connectivity index (χ2v) is 8.35. The summed E-state index contributed by atoms with van der Waals surface area (Å²) in [5, 5.41) is 10.1. The first-order valence-corrected chi connectivity index (χ1v) is 10.2. The van der Waals surface area contributed by atoms with Crippen LogP contribution in [0.25, 0.3) is 20.4 Å². The standard InChI is InChI=1S/C19H17ClN6OS/c1-10-11(2)24-25-19-15(10)16-17(28-19)18(23-9-22-16)26-6-12(7-26)8-27-13-3-4-21-14(20)5-13/h3-5,9,12H,6-8H2,1-2H3. The predicted octanol–water partition coefficient (Wildman–Crippen LogP) is 3.81. The minimum atomic E-state index is 0.439. The van der Waals surface area contributed by atoms with Crippen molar-refractivity contribution in [3.63, 3.8) is 0 Å². The average molecular weight is 413 g/mol. The lowest BCUT2D eigenvalue weighted by molar-refractivity contribution is 0.220. The zero-order valence-corrected chi connectivity index (χ0v) is 17.0. The maximum atomic E-state index is 5.90. The van der Waals surface area contributed by atoms with Crippen molar-refractivity contribution >= 4 is 49.2 Å². The molecule has 0 aliphatic carbocycles. The van der Waals surface area contributed by atoms with Gasteiger partial charge in [0.05, 0.1) is 22.5 Å². The normalized spacial score (nSPS) is 14.6. The number of thiophene rings is 1. The minimum Gasteiger partial charge on any atom is -0.493 e. The number of nitrogens with zero attached hydrogens (tertiary/aromatic N) is 6. The fraction of sp³-hybridized carbons (Fsp3) is 0.316. The van der Waals surface area contributed by atoms with Gasteiger partial charge in [0.25, 0.3) is 0 Å². The van der Waals surface area contributed by atoms with Crippen molar-refractivity contribution in [1.29, 1.82) is 0 Å². The molecule has 1 fully saturated rings. The van der Waals surface area contributed by atoms with Crippen LogP contribution in [0.4, 0.5) is 5.82 Å². The summed E-state index contributed by atoms with van der Waals surface area (Å²) >= 11 is 7.51. The van der Waals surface area contributed by atoms with E-state index in [9.17, 15) is 0 Å². The second kappa shape index (κ2) is 6.79. The molecule has 0 aromatic carbocycles. The van der Waals surface area contributed by atoms with Crippen LogP contribution in [-0.2, 0) is 0 Å². The Balaban J connectivity index is 1.36. The van der Waals surface area contributed by atoms with Crippen LogP contribution in [0.5, 0.6) is 5.75 Å². The van der Waals surface area contributed by atoms with Crippen molar-refractivity contribution in [2.24, 2.45) is 5.92 Å². The van der Waals surface area contributed by atoms with E-state index in [0.717, 1.165) is 56.3 Å². The Bertz CT molecular complexity index is 1190. The van der Waals surface area contributed by atoms with Gasteiger partial charge in [-0.05, 0) is 25.5 Å². The summed E-state index contributed by atoms with van der Waals surface area (Å²) in [4.78, 5) is 16.2. The van der Waals surface area contributed by atoms with E-state index in [0.29, 0.717) is 17.7 Å². The van der Waals surface area contributed by atoms with Crippen LogP contribution < -0.4 is 9.64 Å². The number of fused-ring (bicyclic) bond motifs is 3. The van der Waals surface area contributed by atoms with E-state index in [4.69, 9.17) is 16.3 Å². The minimum absolute atomic E-state index is 0.439. The van der Waals surface area contributed by atoms with Crippen LogP contribution in [0.15, 0.2) is 24.7 Å². The van der Waals surface area contributed by atoms with Gasteiger partial charge in [-0.2, -0.15) is 5.10 Å². The Morgan fingerprint density at radius 3 is 2.89 bits per heavy atom. The van der Waals surface area contributed by atoms with E-state index < -0.39 is 0 Å². The van der Waals surface area contributed by atoms with Gasteiger partial charge in [-0.15, -0.1) is 16.4 Å². The van der Waals surface area contributed by atoms with E-state index in [1.807, 2.05) is 13.0 Å². The van der Waals surface area contributed by atoms with E-state index in [1.54, 1.807) is 29.9 Å². The van der Waals surface area contributed by atoms with Gasteiger partial charge < -0.3 is 9.64 Å². The van der Waals surface area contributed by atoms with Gasteiger partial charge >= 0.3 is 0 Å². The van der Waals surface area contributed by atoms with Gasteiger partial charge in [0, 0.05) is 36.7 Å². The zero-order chi connectivity index (χ0) is 19.3. The van der Waals surface area contributed by atoms with Gasteiger partial charge in [0.1, 0.15) is 27.9 Å². The van der Waals surface area contributed by atoms with Crippen LogP contribution in [0, 0.1) is 19.8 Å². The summed E-state index contributed by atoms with van der Waals surface area (Å²) in [5.74, 6) is 2.15. The third-order valence-corrected chi connectivity index (χ3v) is 6.35.